The van der Waals surface area contributed by atoms with Crippen molar-refractivity contribution in [3.63, 3.8) is 0 Å². The second kappa shape index (κ2) is 6.20. The van der Waals surface area contributed by atoms with Crippen LogP contribution in [-0.4, -0.2) is 33.9 Å². The standard InChI is InChI=1S/C16H22N2O2/c1-4-18(12-16(2,3)19)11-14-10-15(20-17-14)13-8-6-5-7-9-13/h5-10,19H,4,11-12H2,1-3H3. The van der Waals surface area contributed by atoms with Crippen LogP contribution < -0.4 is 0 Å². The van der Waals surface area contributed by atoms with E-state index in [4.69, 9.17) is 4.52 Å². The number of aliphatic hydroxyl groups is 1. The van der Waals surface area contributed by atoms with Crippen molar-refractivity contribution < 1.29 is 9.63 Å². The fourth-order valence-electron chi connectivity index (χ4n) is 2.18. The van der Waals surface area contributed by atoms with E-state index in [1.807, 2.05) is 50.2 Å². The maximum absolute atomic E-state index is 9.89. The highest BCUT2D eigenvalue weighted by atomic mass is 16.5. The molecule has 1 aromatic heterocycles. The molecule has 0 bridgehead atoms. The van der Waals surface area contributed by atoms with Crippen LogP contribution in [0, 0.1) is 0 Å². The van der Waals surface area contributed by atoms with E-state index in [-0.39, 0.29) is 0 Å². The first kappa shape index (κ1) is 14.8. The highest BCUT2D eigenvalue weighted by molar-refractivity contribution is 5.56. The van der Waals surface area contributed by atoms with Gasteiger partial charge in [0.1, 0.15) is 0 Å². The normalized spacial score (nSPS) is 12.1. The molecule has 0 fully saturated rings. The van der Waals surface area contributed by atoms with Crippen LogP contribution in [0.25, 0.3) is 11.3 Å². The van der Waals surface area contributed by atoms with E-state index in [1.165, 1.54) is 0 Å². The van der Waals surface area contributed by atoms with Gasteiger partial charge in [-0.2, -0.15) is 0 Å². The largest absolute Gasteiger partial charge is 0.389 e. The molecule has 4 heteroatoms. The summed E-state index contributed by atoms with van der Waals surface area (Å²) in [5.41, 5.74) is 1.20. The van der Waals surface area contributed by atoms with Crippen molar-refractivity contribution in [1.29, 1.82) is 0 Å². The van der Waals surface area contributed by atoms with Gasteiger partial charge < -0.3 is 9.63 Å². The summed E-state index contributed by atoms with van der Waals surface area (Å²) < 4.78 is 5.39. The predicted molar refractivity (Wildman–Crippen MR) is 79.2 cm³/mol. The maximum Gasteiger partial charge on any atom is 0.167 e. The van der Waals surface area contributed by atoms with E-state index < -0.39 is 5.60 Å². The zero-order chi connectivity index (χ0) is 14.6. The van der Waals surface area contributed by atoms with Gasteiger partial charge in [-0.1, -0.05) is 42.4 Å². The molecule has 1 aromatic carbocycles. The predicted octanol–water partition coefficient (Wildman–Crippen LogP) is 2.93. The molecule has 20 heavy (non-hydrogen) atoms. The van der Waals surface area contributed by atoms with Crippen LogP contribution in [0.3, 0.4) is 0 Å². The van der Waals surface area contributed by atoms with E-state index in [0.717, 1.165) is 23.6 Å². The van der Waals surface area contributed by atoms with Crippen molar-refractivity contribution in [1.82, 2.24) is 10.1 Å². The second-order valence-electron chi connectivity index (χ2n) is 5.66. The zero-order valence-corrected chi connectivity index (χ0v) is 12.3. The fourth-order valence-corrected chi connectivity index (χ4v) is 2.18. The number of benzene rings is 1. The lowest BCUT2D eigenvalue weighted by atomic mass is 10.1. The van der Waals surface area contributed by atoms with E-state index >= 15 is 0 Å². The zero-order valence-electron chi connectivity index (χ0n) is 12.3. The maximum atomic E-state index is 9.89. The van der Waals surface area contributed by atoms with Crippen molar-refractivity contribution in [2.24, 2.45) is 0 Å². The first-order valence-electron chi connectivity index (χ1n) is 6.93. The highest BCUT2D eigenvalue weighted by Gasteiger charge is 2.18. The summed E-state index contributed by atoms with van der Waals surface area (Å²) in [5.74, 6) is 0.778. The molecule has 2 rings (SSSR count). The summed E-state index contributed by atoms with van der Waals surface area (Å²) in [6.45, 7) is 7.84. The molecule has 4 nitrogen and oxygen atoms in total. The number of rotatable bonds is 6. The van der Waals surface area contributed by atoms with Crippen LogP contribution in [0.2, 0.25) is 0 Å². The number of nitrogens with zero attached hydrogens (tertiary/aromatic N) is 2. The van der Waals surface area contributed by atoms with Gasteiger partial charge in [0, 0.05) is 24.7 Å². The Balaban J connectivity index is 2.05. The van der Waals surface area contributed by atoms with Gasteiger partial charge in [0.05, 0.1) is 11.3 Å². The van der Waals surface area contributed by atoms with Gasteiger partial charge in [-0.25, -0.2) is 0 Å². The molecule has 0 atom stereocenters. The molecule has 2 aromatic rings. The Labute approximate surface area is 120 Å². The molecule has 0 radical (unpaired) electrons. The van der Waals surface area contributed by atoms with Gasteiger partial charge in [-0.05, 0) is 20.4 Å². The highest BCUT2D eigenvalue weighted by Crippen LogP contribution is 2.20. The minimum Gasteiger partial charge on any atom is -0.389 e. The van der Waals surface area contributed by atoms with Gasteiger partial charge in [0.15, 0.2) is 5.76 Å². The lowest BCUT2D eigenvalue weighted by Gasteiger charge is -2.27. The lowest BCUT2D eigenvalue weighted by molar-refractivity contribution is 0.0347. The minimum absolute atomic E-state index is 0.608. The van der Waals surface area contributed by atoms with E-state index in [2.05, 4.69) is 17.0 Å². The Kier molecular flexibility index (Phi) is 4.57. The van der Waals surface area contributed by atoms with Crippen molar-refractivity contribution in [2.75, 3.05) is 13.1 Å². The third-order valence-electron chi connectivity index (χ3n) is 3.06. The molecule has 0 unspecified atom stereocenters. The molecule has 0 spiro atoms. The number of likely N-dealkylation sites (N-methyl/N-ethyl adjacent to an activating group) is 1. The fraction of sp³-hybridized carbons (Fsp3) is 0.438. The van der Waals surface area contributed by atoms with Crippen molar-refractivity contribution in [3.8, 4) is 11.3 Å². The average Bonchev–Trinajstić information content (AvgIpc) is 2.86. The molecule has 0 amide bonds. The Morgan fingerprint density at radius 1 is 1.25 bits per heavy atom. The van der Waals surface area contributed by atoms with Crippen molar-refractivity contribution >= 4 is 0 Å². The van der Waals surface area contributed by atoms with Crippen LogP contribution in [0.15, 0.2) is 40.9 Å². The topological polar surface area (TPSA) is 49.5 Å². The lowest BCUT2D eigenvalue weighted by Crippen LogP contribution is -2.38. The number of hydrogen-bond donors (Lipinski definition) is 1. The first-order valence-corrected chi connectivity index (χ1v) is 6.93. The van der Waals surface area contributed by atoms with E-state index in [9.17, 15) is 5.11 Å². The third-order valence-corrected chi connectivity index (χ3v) is 3.06. The van der Waals surface area contributed by atoms with Crippen molar-refractivity contribution in [2.45, 2.75) is 32.9 Å². The quantitative estimate of drug-likeness (QED) is 0.880. The number of aromatic nitrogens is 1. The Morgan fingerprint density at radius 3 is 2.55 bits per heavy atom. The molecule has 0 saturated carbocycles. The number of hydrogen-bond acceptors (Lipinski definition) is 4. The monoisotopic (exact) mass is 274 g/mol. The van der Waals surface area contributed by atoms with Crippen LogP contribution in [0.5, 0.6) is 0 Å². The Morgan fingerprint density at radius 2 is 1.95 bits per heavy atom. The van der Waals surface area contributed by atoms with Gasteiger partial charge in [-0.15, -0.1) is 0 Å². The SMILES string of the molecule is CCN(Cc1cc(-c2ccccc2)on1)CC(C)(C)O. The van der Waals surface area contributed by atoms with E-state index in [1.54, 1.807) is 0 Å². The Hall–Kier alpha value is -1.65. The summed E-state index contributed by atoms with van der Waals surface area (Å²) in [6.07, 6.45) is 0. The molecular formula is C16H22N2O2. The van der Waals surface area contributed by atoms with Crippen LogP contribution in [0.1, 0.15) is 26.5 Å². The molecular weight excluding hydrogens is 252 g/mol. The Bertz CT molecular complexity index is 529. The molecule has 0 aliphatic carbocycles. The first-order chi connectivity index (χ1) is 9.48. The minimum atomic E-state index is -0.706. The molecule has 0 aliphatic heterocycles. The molecule has 0 saturated heterocycles. The van der Waals surface area contributed by atoms with Crippen LogP contribution in [0.4, 0.5) is 0 Å². The smallest absolute Gasteiger partial charge is 0.167 e. The van der Waals surface area contributed by atoms with E-state index in [0.29, 0.717) is 13.1 Å². The molecule has 1 heterocycles. The second-order valence-corrected chi connectivity index (χ2v) is 5.66. The van der Waals surface area contributed by atoms with Crippen LogP contribution in [-0.2, 0) is 6.54 Å². The molecule has 1 N–H and O–H groups in total. The van der Waals surface area contributed by atoms with Gasteiger partial charge >= 0.3 is 0 Å². The average molecular weight is 274 g/mol. The summed E-state index contributed by atoms with van der Waals surface area (Å²) >= 11 is 0. The molecule has 0 aliphatic rings. The summed E-state index contributed by atoms with van der Waals surface area (Å²) in [6, 6.07) is 11.9. The van der Waals surface area contributed by atoms with Gasteiger partial charge in [0.2, 0.25) is 0 Å². The summed E-state index contributed by atoms with van der Waals surface area (Å²) in [5, 5.41) is 14.0. The van der Waals surface area contributed by atoms with Gasteiger partial charge in [0.25, 0.3) is 0 Å². The van der Waals surface area contributed by atoms with Crippen molar-refractivity contribution in [3.05, 3.63) is 42.1 Å². The van der Waals surface area contributed by atoms with Gasteiger partial charge in [-0.3, -0.25) is 4.90 Å². The summed E-state index contributed by atoms with van der Waals surface area (Å²) in [7, 11) is 0. The van der Waals surface area contributed by atoms with Crippen LogP contribution >= 0.6 is 0 Å². The summed E-state index contributed by atoms with van der Waals surface area (Å²) in [4.78, 5) is 2.15. The third kappa shape index (κ3) is 4.18. The molecule has 108 valence electrons.